The lowest BCUT2D eigenvalue weighted by Crippen LogP contribution is -2.12. The molecule has 0 bridgehead atoms. The van der Waals surface area contributed by atoms with Gasteiger partial charge in [0.1, 0.15) is 0 Å². The van der Waals surface area contributed by atoms with Gasteiger partial charge in [-0.05, 0) is 6.07 Å². The molecular formula is C10H8F3N3O. The molecule has 0 aliphatic carbocycles. The first-order valence-electron chi connectivity index (χ1n) is 4.65. The van der Waals surface area contributed by atoms with E-state index in [-0.39, 0.29) is 16.6 Å². The van der Waals surface area contributed by atoms with Gasteiger partial charge < -0.3 is 5.73 Å². The van der Waals surface area contributed by atoms with Gasteiger partial charge in [-0.1, -0.05) is 12.1 Å². The first-order chi connectivity index (χ1) is 7.82. The third-order valence-electron chi connectivity index (χ3n) is 2.40. The molecule has 2 rings (SSSR count). The lowest BCUT2D eigenvalue weighted by atomic mass is 10.1. The number of para-hydroxylation sites is 1. The first-order valence-corrected chi connectivity index (χ1v) is 4.65. The summed E-state index contributed by atoms with van der Waals surface area (Å²) in [7, 11) is 1.34. The quantitative estimate of drug-likeness (QED) is 0.828. The molecule has 0 aliphatic heterocycles. The zero-order valence-electron chi connectivity index (χ0n) is 8.75. The average Bonchev–Trinajstić information content (AvgIpc) is 2.55. The molecule has 1 heterocycles. The highest BCUT2D eigenvalue weighted by Gasteiger charge is 2.34. The van der Waals surface area contributed by atoms with E-state index >= 15 is 0 Å². The van der Waals surface area contributed by atoms with Crippen LogP contribution in [0.2, 0.25) is 0 Å². The van der Waals surface area contributed by atoms with E-state index in [0.29, 0.717) is 0 Å². The summed E-state index contributed by atoms with van der Waals surface area (Å²) in [6.45, 7) is 0. The fraction of sp³-hybridized carbons (Fsp3) is 0.200. The molecule has 2 aromatic rings. The van der Waals surface area contributed by atoms with Crippen molar-refractivity contribution in [3.05, 3.63) is 29.5 Å². The lowest BCUT2D eigenvalue weighted by Gasteiger charge is -2.08. The number of amides is 1. The minimum atomic E-state index is -4.50. The maximum absolute atomic E-state index is 12.8. The van der Waals surface area contributed by atoms with Crippen LogP contribution in [0.25, 0.3) is 10.9 Å². The number of benzene rings is 1. The zero-order chi connectivity index (χ0) is 12.8. The van der Waals surface area contributed by atoms with Crippen LogP contribution in [0.15, 0.2) is 18.2 Å². The number of fused-ring (bicyclic) bond motifs is 1. The molecule has 0 spiro atoms. The van der Waals surface area contributed by atoms with Crippen molar-refractivity contribution in [2.24, 2.45) is 12.8 Å². The normalized spacial score (nSPS) is 12.0. The Hall–Kier alpha value is -2.05. The Bertz CT molecular complexity index is 601. The molecule has 0 aliphatic rings. The summed E-state index contributed by atoms with van der Waals surface area (Å²) < 4.78 is 39.3. The van der Waals surface area contributed by atoms with E-state index in [1.807, 2.05) is 0 Å². The monoisotopic (exact) mass is 243 g/mol. The minimum absolute atomic E-state index is 0.106. The van der Waals surface area contributed by atoms with Crippen LogP contribution in [0, 0.1) is 0 Å². The van der Waals surface area contributed by atoms with Crippen LogP contribution in [0.5, 0.6) is 0 Å². The van der Waals surface area contributed by atoms with E-state index in [4.69, 9.17) is 5.73 Å². The highest BCUT2D eigenvalue weighted by Crippen LogP contribution is 2.35. The van der Waals surface area contributed by atoms with Crippen LogP contribution in [-0.2, 0) is 13.2 Å². The highest BCUT2D eigenvalue weighted by atomic mass is 19.4. The third-order valence-corrected chi connectivity index (χ3v) is 2.40. The Morgan fingerprint density at radius 2 is 2.06 bits per heavy atom. The van der Waals surface area contributed by atoms with Gasteiger partial charge in [-0.25, -0.2) is 0 Å². The number of hydrogen-bond acceptors (Lipinski definition) is 2. The van der Waals surface area contributed by atoms with Crippen LogP contribution >= 0.6 is 0 Å². The predicted octanol–water partition coefficient (Wildman–Crippen LogP) is 1.69. The van der Waals surface area contributed by atoms with Crippen molar-refractivity contribution in [1.29, 1.82) is 0 Å². The molecule has 90 valence electrons. The number of aryl methyl sites for hydroxylation is 1. The van der Waals surface area contributed by atoms with Crippen molar-refractivity contribution in [3.63, 3.8) is 0 Å². The highest BCUT2D eigenvalue weighted by molar-refractivity contribution is 6.04. The van der Waals surface area contributed by atoms with Gasteiger partial charge in [0.05, 0.1) is 11.1 Å². The predicted molar refractivity (Wildman–Crippen MR) is 54.2 cm³/mol. The SMILES string of the molecule is Cn1nc(C(N)=O)c2cccc(C(F)(F)F)c21. The molecule has 1 aromatic heterocycles. The summed E-state index contributed by atoms with van der Waals surface area (Å²) in [5.74, 6) is -0.852. The zero-order valence-corrected chi connectivity index (χ0v) is 8.75. The Kier molecular flexibility index (Phi) is 2.34. The van der Waals surface area contributed by atoms with Gasteiger partial charge in [0.15, 0.2) is 5.69 Å². The third kappa shape index (κ3) is 1.73. The Balaban J connectivity index is 2.87. The van der Waals surface area contributed by atoms with Crippen molar-refractivity contribution in [3.8, 4) is 0 Å². The number of carbonyl (C=O) groups excluding carboxylic acids is 1. The molecule has 0 saturated carbocycles. The largest absolute Gasteiger partial charge is 0.418 e. The van der Waals surface area contributed by atoms with E-state index < -0.39 is 17.6 Å². The van der Waals surface area contributed by atoms with E-state index in [1.165, 1.54) is 19.2 Å². The molecule has 0 fully saturated rings. The summed E-state index contributed by atoms with van der Waals surface area (Å²) in [4.78, 5) is 11.1. The summed E-state index contributed by atoms with van der Waals surface area (Å²) >= 11 is 0. The van der Waals surface area contributed by atoms with Crippen LogP contribution in [0.4, 0.5) is 13.2 Å². The smallest absolute Gasteiger partial charge is 0.364 e. The number of hydrogen-bond donors (Lipinski definition) is 1. The molecule has 1 amide bonds. The molecule has 0 unspecified atom stereocenters. The second-order valence-electron chi connectivity index (χ2n) is 3.54. The maximum Gasteiger partial charge on any atom is 0.418 e. The lowest BCUT2D eigenvalue weighted by molar-refractivity contribution is -0.136. The van der Waals surface area contributed by atoms with E-state index in [9.17, 15) is 18.0 Å². The fourth-order valence-corrected chi connectivity index (χ4v) is 1.75. The molecular weight excluding hydrogens is 235 g/mol. The molecule has 7 heteroatoms. The summed E-state index contributed by atoms with van der Waals surface area (Å²) in [5.41, 5.74) is 3.92. The van der Waals surface area contributed by atoms with Crippen molar-refractivity contribution in [1.82, 2.24) is 9.78 Å². The molecule has 2 N–H and O–H groups in total. The van der Waals surface area contributed by atoms with Crippen LogP contribution < -0.4 is 5.73 Å². The number of carbonyl (C=O) groups is 1. The molecule has 17 heavy (non-hydrogen) atoms. The molecule has 0 radical (unpaired) electrons. The van der Waals surface area contributed by atoms with Crippen LogP contribution in [0.1, 0.15) is 16.1 Å². The molecule has 4 nitrogen and oxygen atoms in total. The van der Waals surface area contributed by atoms with Gasteiger partial charge in [-0.2, -0.15) is 18.3 Å². The van der Waals surface area contributed by atoms with Gasteiger partial charge in [0, 0.05) is 12.4 Å². The Morgan fingerprint density at radius 3 is 2.59 bits per heavy atom. The molecule has 0 saturated heterocycles. The summed E-state index contributed by atoms with van der Waals surface area (Å²) in [5, 5.41) is 3.81. The number of nitrogens with two attached hydrogens (primary N) is 1. The topological polar surface area (TPSA) is 60.9 Å². The standard InChI is InChI=1S/C10H8F3N3O/c1-16-8-5(7(15-16)9(14)17)3-2-4-6(8)10(11,12)13/h2-4H,1H3,(H2,14,17). The number of aromatic nitrogens is 2. The minimum Gasteiger partial charge on any atom is -0.364 e. The van der Waals surface area contributed by atoms with Crippen molar-refractivity contribution >= 4 is 16.8 Å². The number of rotatable bonds is 1. The molecule has 0 atom stereocenters. The van der Waals surface area contributed by atoms with E-state index in [0.717, 1.165) is 10.7 Å². The van der Waals surface area contributed by atoms with Crippen LogP contribution in [0.3, 0.4) is 0 Å². The van der Waals surface area contributed by atoms with Gasteiger partial charge in [-0.15, -0.1) is 0 Å². The second kappa shape index (κ2) is 3.47. The number of halogens is 3. The summed E-state index contributed by atoms with van der Waals surface area (Å²) in [6.07, 6.45) is -4.50. The van der Waals surface area contributed by atoms with Gasteiger partial charge in [-0.3, -0.25) is 9.48 Å². The number of nitrogens with zero attached hydrogens (tertiary/aromatic N) is 2. The van der Waals surface area contributed by atoms with Crippen molar-refractivity contribution < 1.29 is 18.0 Å². The van der Waals surface area contributed by atoms with Crippen molar-refractivity contribution in [2.75, 3.05) is 0 Å². The number of primary amides is 1. The Labute approximate surface area is 93.8 Å². The van der Waals surface area contributed by atoms with Crippen molar-refractivity contribution in [2.45, 2.75) is 6.18 Å². The second-order valence-corrected chi connectivity index (χ2v) is 3.54. The fourth-order valence-electron chi connectivity index (χ4n) is 1.75. The maximum atomic E-state index is 12.8. The van der Waals surface area contributed by atoms with E-state index in [1.54, 1.807) is 0 Å². The first kappa shape index (κ1) is 11.4. The Morgan fingerprint density at radius 1 is 1.41 bits per heavy atom. The van der Waals surface area contributed by atoms with Crippen LogP contribution in [-0.4, -0.2) is 15.7 Å². The average molecular weight is 243 g/mol. The summed E-state index contributed by atoms with van der Waals surface area (Å²) in [6, 6.07) is 3.55. The van der Waals surface area contributed by atoms with E-state index in [2.05, 4.69) is 5.10 Å². The number of alkyl halides is 3. The van der Waals surface area contributed by atoms with Gasteiger partial charge in [0.25, 0.3) is 5.91 Å². The van der Waals surface area contributed by atoms with Gasteiger partial charge in [0.2, 0.25) is 0 Å². The molecule has 1 aromatic carbocycles. The van der Waals surface area contributed by atoms with Gasteiger partial charge >= 0.3 is 6.18 Å².